The molecule has 3 aliphatic rings. The Bertz CT molecular complexity index is 1820. The number of hydrogen-bond acceptors (Lipinski definition) is 19. The maximum Gasteiger partial charge on any atom is 0.311 e. The highest BCUT2D eigenvalue weighted by Crippen LogP contribution is 2.38. The Balaban J connectivity index is 1.94. The highest BCUT2D eigenvalue weighted by molar-refractivity contribution is 5.71. The molecule has 3 heterocycles. The smallest absolute Gasteiger partial charge is 0.311 e. The summed E-state index contributed by atoms with van der Waals surface area (Å²) in [6, 6.07) is -0.868. The fourth-order valence-corrected chi connectivity index (χ4v) is 9.34. The number of rotatable bonds is 10. The Morgan fingerprint density at radius 2 is 1.23 bits per heavy atom. The third-order valence-electron chi connectivity index (χ3n) is 13.7. The number of nitrogens with zero attached hydrogens (tertiary/aromatic N) is 1. The second-order valence-electron chi connectivity index (χ2n) is 19.8. The number of ether oxygens (including phenoxy) is 4. The van der Waals surface area contributed by atoms with Crippen LogP contribution >= 0.6 is 0 Å². The van der Waals surface area contributed by atoms with Gasteiger partial charge in [0.25, 0.3) is 0 Å². The highest BCUT2D eigenvalue weighted by Gasteiger charge is 2.51. The van der Waals surface area contributed by atoms with Gasteiger partial charge in [-0.05, 0) is 72.1 Å². The minimum Gasteiger partial charge on any atom is -0.481 e. The quantitative estimate of drug-likeness (QED) is 0.134. The van der Waals surface area contributed by atoms with Crippen LogP contribution in [0.15, 0.2) is 85.1 Å². The van der Waals surface area contributed by atoms with E-state index in [-0.39, 0.29) is 31.6 Å². The van der Waals surface area contributed by atoms with Gasteiger partial charge in [0, 0.05) is 37.5 Å². The lowest BCUT2D eigenvalue weighted by molar-refractivity contribution is -0.312. The number of esters is 1. The van der Waals surface area contributed by atoms with Gasteiger partial charge in [-0.2, -0.15) is 0 Å². The zero-order valence-corrected chi connectivity index (χ0v) is 42.8. The maximum absolute atomic E-state index is 12.7. The summed E-state index contributed by atoms with van der Waals surface area (Å²) in [5.41, 5.74) is 11.6. The molecule has 20 nitrogen and oxygen atoms in total. The molecule has 3 rings (SSSR count). The van der Waals surface area contributed by atoms with Gasteiger partial charge in [0.2, 0.25) is 0 Å². The van der Waals surface area contributed by atoms with Gasteiger partial charge in [0.05, 0.1) is 79.6 Å². The number of allylic oxidation sites excluding steroid dienone is 12. The fourth-order valence-electron chi connectivity index (χ4n) is 9.34. The van der Waals surface area contributed by atoms with Gasteiger partial charge in [-0.15, -0.1) is 0 Å². The third kappa shape index (κ3) is 21.9. The van der Waals surface area contributed by atoms with E-state index < -0.39 is 147 Å². The summed E-state index contributed by atoms with van der Waals surface area (Å²) in [6.45, 7) is 8.44. The molecular weight excluding hydrogens is 951 g/mol. The second kappa shape index (κ2) is 32.8. The lowest BCUT2D eigenvalue weighted by Crippen LogP contribution is -2.64. The Morgan fingerprint density at radius 3 is 1.79 bits per heavy atom. The van der Waals surface area contributed by atoms with Crippen LogP contribution in [0.4, 0.5) is 0 Å². The Hall–Kier alpha value is -3.52. The van der Waals surface area contributed by atoms with Gasteiger partial charge >= 0.3 is 11.9 Å². The van der Waals surface area contributed by atoms with E-state index in [0.29, 0.717) is 39.0 Å². The van der Waals surface area contributed by atoms with Crippen LogP contribution in [0.1, 0.15) is 91.9 Å². The second-order valence-corrected chi connectivity index (χ2v) is 19.8. The van der Waals surface area contributed by atoms with Crippen molar-refractivity contribution in [2.24, 2.45) is 29.2 Å². The maximum atomic E-state index is 12.7. The molecule has 73 heavy (non-hydrogen) atoms. The average Bonchev–Trinajstić information content (AvgIpc) is 3.31. The molecule has 416 valence electrons. The molecule has 2 saturated heterocycles. The summed E-state index contributed by atoms with van der Waals surface area (Å²) in [5.74, 6) is -6.87. The van der Waals surface area contributed by atoms with Gasteiger partial charge < -0.3 is 86.6 Å². The molecule has 0 radical (unpaired) electrons. The van der Waals surface area contributed by atoms with E-state index in [9.17, 15) is 65.8 Å². The topological polar surface area (TPSA) is 349 Å². The zero-order valence-electron chi connectivity index (χ0n) is 42.8. The standard InChI is InChI=1S/C53H87N3O17/c1-33-19-15-13-11-9-7-5-6-8-10-12-14-16-20-40(72-52-50(66)47(49(65)36(4)71-52)56(25-17-23-54)26-18-24-55)30-44-46(51(67)68)43(62)32-53(69,73-44)31-39(59)28-42(61)41(60)22-21-37(57)27-38(58)29-45(63)70-35(3)34(2)48(33)64/h5-16,19-20,33-44,46-50,52,57-62,64-66,69H,17-18,21-32,54-55H2,1-4H3,(H,67,68)/b6-5+,9-7+,10-8+,13-11+,14-12+,19-15+,20-16+/t33-,34-,35-,36+,37+,38+,39-,40-,41+,42+,43-,44?,46+,47-,48+,49+,50-,52-,53+/m0/s1. The number of nitrogens with two attached hydrogens (primary N) is 2. The van der Waals surface area contributed by atoms with Crippen LogP contribution in [0.2, 0.25) is 0 Å². The monoisotopic (exact) mass is 1040 g/mol. The Kier molecular flexibility index (Phi) is 28.7. The van der Waals surface area contributed by atoms with Crippen molar-refractivity contribution in [3.63, 3.8) is 0 Å². The van der Waals surface area contributed by atoms with E-state index in [0.717, 1.165) is 0 Å². The molecule has 15 N–H and O–H groups in total. The van der Waals surface area contributed by atoms with Gasteiger partial charge in [0.15, 0.2) is 12.1 Å². The number of aliphatic hydroxyl groups excluding tert-OH is 9. The van der Waals surface area contributed by atoms with Gasteiger partial charge in [-0.3, -0.25) is 14.5 Å². The van der Waals surface area contributed by atoms with Crippen LogP contribution in [-0.2, 0) is 28.5 Å². The number of carboxylic acid groups (broad SMARTS) is 1. The van der Waals surface area contributed by atoms with E-state index in [1.54, 1.807) is 75.5 Å². The SMILES string of the molecule is C[C@@H]1[C@H](O)[C@@H](C)/C=C/C=C/C=C/C=C/C=C/C=C/C=C/[C@H](O[C@@H]2O[C@H](C)[C@@H](O)[C@H](N(CCCN)CCCN)[C@@H]2O)CC2O[C@](O)(C[C@@H](O)C[C@@H](O)[C@H](O)CC[C@@H](O)C[C@@H](O)CC(=O)O[C@H]1C)C[C@H](O)[C@H]2C(=O)O. The molecule has 2 fully saturated rings. The molecule has 0 saturated carbocycles. The Morgan fingerprint density at radius 1 is 0.671 bits per heavy atom. The number of carbonyl (C=O) groups is 2. The van der Waals surface area contributed by atoms with Crippen molar-refractivity contribution in [3.8, 4) is 0 Å². The predicted molar refractivity (Wildman–Crippen MR) is 272 cm³/mol. The number of carbonyl (C=O) groups excluding carboxylic acids is 1. The zero-order chi connectivity index (χ0) is 54.3. The van der Waals surface area contributed by atoms with Crippen molar-refractivity contribution in [2.45, 2.75) is 189 Å². The summed E-state index contributed by atoms with van der Waals surface area (Å²) >= 11 is 0. The minimum absolute atomic E-state index is 0.112. The minimum atomic E-state index is -2.34. The molecule has 19 atom stereocenters. The highest BCUT2D eigenvalue weighted by atomic mass is 16.7. The molecule has 2 bridgehead atoms. The molecular formula is C53H87N3O17. The lowest BCUT2D eigenvalue weighted by atomic mass is 9.82. The Labute approximate surface area is 430 Å². The summed E-state index contributed by atoms with van der Waals surface area (Å²) in [4.78, 5) is 27.3. The van der Waals surface area contributed by atoms with E-state index in [1.807, 2.05) is 42.2 Å². The van der Waals surface area contributed by atoms with E-state index in [2.05, 4.69) is 0 Å². The van der Waals surface area contributed by atoms with Gasteiger partial charge in [-0.25, -0.2) is 0 Å². The summed E-state index contributed by atoms with van der Waals surface area (Å²) in [5, 5.41) is 121. The van der Waals surface area contributed by atoms with Gasteiger partial charge in [-0.1, -0.05) is 98.9 Å². The number of fused-ring (bicyclic) bond motifs is 2. The van der Waals surface area contributed by atoms with E-state index in [1.165, 1.54) is 0 Å². The van der Waals surface area contributed by atoms with Crippen LogP contribution in [0.5, 0.6) is 0 Å². The van der Waals surface area contributed by atoms with Crippen LogP contribution in [0, 0.1) is 17.8 Å². The molecule has 20 heteroatoms. The summed E-state index contributed by atoms with van der Waals surface area (Å²) in [7, 11) is 0. The van der Waals surface area contributed by atoms with E-state index in [4.69, 9.17) is 30.4 Å². The first kappa shape index (κ1) is 63.8. The van der Waals surface area contributed by atoms with Crippen molar-refractivity contribution in [2.75, 3.05) is 26.2 Å². The fraction of sp³-hybridized carbons (Fsp3) is 0.698. The average molecular weight is 1040 g/mol. The number of cyclic esters (lactones) is 1. The number of aliphatic carboxylic acids is 1. The van der Waals surface area contributed by atoms with Crippen LogP contribution in [0.3, 0.4) is 0 Å². The molecule has 1 unspecified atom stereocenters. The largest absolute Gasteiger partial charge is 0.481 e. The predicted octanol–water partition coefficient (Wildman–Crippen LogP) is 0.753. The van der Waals surface area contributed by atoms with Crippen LogP contribution < -0.4 is 11.5 Å². The molecule has 0 amide bonds. The van der Waals surface area contributed by atoms with Crippen molar-refractivity contribution in [3.05, 3.63) is 85.1 Å². The summed E-state index contributed by atoms with van der Waals surface area (Å²) in [6.07, 6.45) is 4.83. The molecule has 0 aromatic carbocycles. The van der Waals surface area contributed by atoms with Crippen LogP contribution in [-0.4, -0.2) is 197 Å². The first-order valence-electron chi connectivity index (χ1n) is 25.7. The third-order valence-corrected chi connectivity index (χ3v) is 13.7. The summed E-state index contributed by atoms with van der Waals surface area (Å²) < 4.78 is 23.9. The van der Waals surface area contributed by atoms with Crippen molar-refractivity contribution in [1.82, 2.24) is 4.90 Å². The van der Waals surface area contributed by atoms with Gasteiger partial charge in [0.1, 0.15) is 18.1 Å². The van der Waals surface area contributed by atoms with E-state index >= 15 is 0 Å². The number of hydrogen-bond donors (Lipinski definition) is 13. The molecule has 0 aliphatic carbocycles. The molecule has 0 spiro atoms. The van der Waals surface area contributed by atoms with Crippen molar-refractivity contribution >= 4 is 11.9 Å². The first-order valence-corrected chi connectivity index (χ1v) is 25.7. The number of aliphatic hydroxyl groups is 10. The van der Waals surface area contributed by atoms with Crippen molar-refractivity contribution < 1.29 is 84.7 Å². The van der Waals surface area contributed by atoms with Crippen molar-refractivity contribution in [1.29, 1.82) is 0 Å². The number of carboxylic acids is 1. The molecule has 3 aliphatic heterocycles. The first-order chi connectivity index (χ1) is 34.6. The van der Waals surface area contributed by atoms with Crippen LogP contribution in [0.25, 0.3) is 0 Å². The normalized spacial score (nSPS) is 41.9. The molecule has 0 aromatic rings. The molecule has 0 aromatic heterocycles. The lowest BCUT2D eigenvalue weighted by Gasteiger charge is -2.47.